The summed E-state index contributed by atoms with van der Waals surface area (Å²) in [5.41, 5.74) is 2.38. The first kappa shape index (κ1) is 20.0. The molecule has 0 bridgehead atoms. The van der Waals surface area contributed by atoms with Gasteiger partial charge in [0.05, 0.1) is 5.56 Å². The van der Waals surface area contributed by atoms with Gasteiger partial charge in [-0.3, -0.25) is 0 Å². The van der Waals surface area contributed by atoms with Crippen molar-refractivity contribution >= 4 is 27.7 Å². The molecule has 5 nitrogen and oxygen atoms in total. The van der Waals surface area contributed by atoms with E-state index >= 15 is 0 Å². The monoisotopic (exact) mass is 418 g/mol. The van der Waals surface area contributed by atoms with Gasteiger partial charge in [-0.25, -0.2) is 9.78 Å². The van der Waals surface area contributed by atoms with E-state index < -0.39 is 5.97 Å². The summed E-state index contributed by atoms with van der Waals surface area (Å²) in [6, 6.07) is 9.25. The third-order valence-electron chi connectivity index (χ3n) is 4.03. The molecule has 2 aromatic rings. The Balaban J connectivity index is 2.23. The van der Waals surface area contributed by atoms with Crippen LogP contribution in [0.15, 0.2) is 52.7 Å². The molecule has 1 heterocycles. The molecule has 0 aliphatic carbocycles. The summed E-state index contributed by atoms with van der Waals surface area (Å²) in [5.74, 6) is 0.581. The number of rotatable bonds is 8. The maximum atomic E-state index is 11.0. The molecular formula is C20H23BrN2O3. The number of carboxylic acid groups (broad SMARTS) is 1. The topological polar surface area (TPSA) is 62.7 Å². The highest BCUT2D eigenvalue weighted by atomic mass is 79.9. The molecule has 0 aliphatic rings. The van der Waals surface area contributed by atoms with E-state index in [1.165, 1.54) is 6.20 Å². The Morgan fingerprint density at radius 1 is 1.35 bits per heavy atom. The minimum atomic E-state index is -0.978. The van der Waals surface area contributed by atoms with Gasteiger partial charge < -0.3 is 14.7 Å². The molecule has 1 aromatic carbocycles. The summed E-state index contributed by atoms with van der Waals surface area (Å²) < 4.78 is 6.94. The van der Waals surface area contributed by atoms with Crippen molar-refractivity contribution in [3.63, 3.8) is 0 Å². The van der Waals surface area contributed by atoms with Crippen LogP contribution in [0, 0.1) is 0 Å². The van der Waals surface area contributed by atoms with E-state index in [4.69, 9.17) is 9.84 Å². The lowest BCUT2D eigenvalue weighted by atomic mass is 10.1. The third-order valence-corrected chi connectivity index (χ3v) is 4.53. The molecule has 0 spiro atoms. The Hall–Kier alpha value is -2.34. The predicted octanol–water partition coefficient (Wildman–Crippen LogP) is 4.91. The molecule has 2 rings (SSSR count). The van der Waals surface area contributed by atoms with Gasteiger partial charge in [-0.1, -0.05) is 22.0 Å². The van der Waals surface area contributed by atoms with Crippen LogP contribution in [-0.4, -0.2) is 29.2 Å². The van der Waals surface area contributed by atoms with Crippen LogP contribution in [-0.2, 0) is 6.54 Å². The molecule has 0 unspecified atom stereocenters. The van der Waals surface area contributed by atoms with E-state index in [2.05, 4.69) is 25.8 Å². The third kappa shape index (κ3) is 5.33. The van der Waals surface area contributed by atoms with Gasteiger partial charge >= 0.3 is 5.97 Å². The molecule has 0 radical (unpaired) electrons. The first-order chi connectivity index (χ1) is 12.4. The first-order valence-electron chi connectivity index (χ1n) is 8.42. The molecule has 6 heteroatoms. The fourth-order valence-electron chi connectivity index (χ4n) is 2.35. The molecule has 0 atom stereocenters. The fourth-order valence-corrected chi connectivity index (χ4v) is 2.76. The average Bonchev–Trinajstić information content (AvgIpc) is 2.65. The second kappa shape index (κ2) is 9.38. The standard InChI is InChI=1S/C20H23BrN2O3/c1-4-14(3)13-26-18-8-7-17(21)10-16(18)12-23(5-2)19-9-6-15(11-22-19)20(24)25/h4,6-11H,5,12-13H2,1-3H3,(H,24,25). The molecule has 138 valence electrons. The highest BCUT2D eigenvalue weighted by Gasteiger charge is 2.13. The second-order valence-electron chi connectivity index (χ2n) is 5.90. The largest absolute Gasteiger partial charge is 0.489 e. The van der Waals surface area contributed by atoms with Gasteiger partial charge in [-0.2, -0.15) is 0 Å². The number of ether oxygens (including phenoxy) is 1. The summed E-state index contributed by atoms with van der Waals surface area (Å²) in [5, 5.41) is 9.02. The van der Waals surface area contributed by atoms with E-state index in [0.717, 1.165) is 33.7 Å². The van der Waals surface area contributed by atoms with Gasteiger partial charge in [0, 0.05) is 29.3 Å². The Morgan fingerprint density at radius 3 is 2.69 bits per heavy atom. The molecule has 0 saturated carbocycles. The molecule has 0 fully saturated rings. The number of allylic oxidation sites excluding steroid dienone is 1. The maximum Gasteiger partial charge on any atom is 0.337 e. The van der Waals surface area contributed by atoms with Gasteiger partial charge in [0.15, 0.2) is 0 Å². The zero-order chi connectivity index (χ0) is 19.1. The van der Waals surface area contributed by atoms with Crippen LogP contribution in [0.25, 0.3) is 0 Å². The summed E-state index contributed by atoms with van der Waals surface area (Å²) in [6.07, 6.45) is 3.42. The number of pyridine rings is 1. The van der Waals surface area contributed by atoms with E-state index in [0.29, 0.717) is 13.2 Å². The zero-order valence-corrected chi connectivity index (χ0v) is 16.8. The van der Waals surface area contributed by atoms with Crippen molar-refractivity contribution in [3.05, 3.63) is 63.8 Å². The smallest absolute Gasteiger partial charge is 0.337 e. The number of anilines is 1. The molecule has 0 aliphatic heterocycles. The van der Waals surface area contributed by atoms with Crippen molar-refractivity contribution in [2.75, 3.05) is 18.1 Å². The number of carbonyl (C=O) groups is 1. The number of halogens is 1. The number of aromatic carboxylic acids is 1. The van der Waals surface area contributed by atoms with Crippen LogP contribution in [0.2, 0.25) is 0 Å². The summed E-state index contributed by atoms with van der Waals surface area (Å²) in [6.45, 7) is 7.95. The highest BCUT2D eigenvalue weighted by Crippen LogP contribution is 2.26. The average molecular weight is 419 g/mol. The lowest BCUT2D eigenvalue weighted by Gasteiger charge is -2.23. The molecule has 1 aromatic heterocycles. The quantitative estimate of drug-likeness (QED) is 0.616. The van der Waals surface area contributed by atoms with Gasteiger partial charge in [-0.15, -0.1) is 0 Å². The van der Waals surface area contributed by atoms with Gasteiger partial charge in [0.25, 0.3) is 0 Å². The van der Waals surface area contributed by atoms with Crippen molar-refractivity contribution < 1.29 is 14.6 Å². The van der Waals surface area contributed by atoms with Crippen molar-refractivity contribution in [1.29, 1.82) is 0 Å². The summed E-state index contributed by atoms with van der Waals surface area (Å²) in [7, 11) is 0. The van der Waals surface area contributed by atoms with Crippen LogP contribution in [0.3, 0.4) is 0 Å². The molecule has 26 heavy (non-hydrogen) atoms. The minimum Gasteiger partial charge on any atom is -0.489 e. The van der Waals surface area contributed by atoms with Crippen LogP contribution >= 0.6 is 15.9 Å². The molecular weight excluding hydrogens is 396 g/mol. The normalized spacial score (nSPS) is 11.3. The molecule has 0 saturated heterocycles. The summed E-state index contributed by atoms with van der Waals surface area (Å²) in [4.78, 5) is 17.4. The zero-order valence-electron chi connectivity index (χ0n) is 15.2. The Kier molecular flexibility index (Phi) is 7.21. The minimum absolute atomic E-state index is 0.179. The number of hydrogen-bond acceptors (Lipinski definition) is 4. The Morgan fingerprint density at radius 2 is 2.12 bits per heavy atom. The number of carboxylic acids is 1. The van der Waals surface area contributed by atoms with E-state index in [9.17, 15) is 4.79 Å². The van der Waals surface area contributed by atoms with Crippen LogP contribution in [0.4, 0.5) is 5.82 Å². The van der Waals surface area contributed by atoms with Crippen LogP contribution in [0.1, 0.15) is 36.7 Å². The first-order valence-corrected chi connectivity index (χ1v) is 9.21. The Labute approximate surface area is 162 Å². The van der Waals surface area contributed by atoms with Crippen LogP contribution < -0.4 is 9.64 Å². The van der Waals surface area contributed by atoms with Crippen molar-refractivity contribution in [2.24, 2.45) is 0 Å². The number of aromatic nitrogens is 1. The van der Waals surface area contributed by atoms with Crippen LogP contribution in [0.5, 0.6) is 5.75 Å². The predicted molar refractivity (Wildman–Crippen MR) is 107 cm³/mol. The van der Waals surface area contributed by atoms with E-state index in [1.54, 1.807) is 12.1 Å². The Bertz CT molecular complexity index is 788. The second-order valence-corrected chi connectivity index (χ2v) is 6.82. The highest BCUT2D eigenvalue weighted by molar-refractivity contribution is 9.10. The fraction of sp³-hybridized carbons (Fsp3) is 0.300. The molecule has 0 amide bonds. The SMILES string of the molecule is CC=C(C)COc1ccc(Br)cc1CN(CC)c1ccc(C(=O)O)cn1. The van der Waals surface area contributed by atoms with Gasteiger partial charge in [0.1, 0.15) is 18.2 Å². The van der Waals surface area contributed by atoms with Crippen molar-refractivity contribution in [2.45, 2.75) is 27.3 Å². The van der Waals surface area contributed by atoms with E-state index in [1.807, 2.05) is 45.0 Å². The van der Waals surface area contributed by atoms with Gasteiger partial charge in [0.2, 0.25) is 0 Å². The van der Waals surface area contributed by atoms with Gasteiger partial charge in [-0.05, 0) is 56.7 Å². The maximum absolute atomic E-state index is 11.0. The van der Waals surface area contributed by atoms with E-state index in [-0.39, 0.29) is 5.56 Å². The summed E-state index contributed by atoms with van der Waals surface area (Å²) >= 11 is 3.52. The lowest BCUT2D eigenvalue weighted by Crippen LogP contribution is -2.23. The van der Waals surface area contributed by atoms with Crippen molar-refractivity contribution in [1.82, 2.24) is 4.98 Å². The lowest BCUT2D eigenvalue weighted by molar-refractivity contribution is 0.0696. The number of hydrogen-bond donors (Lipinski definition) is 1. The van der Waals surface area contributed by atoms with Crippen molar-refractivity contribution in [3.8, 4) is 5.75 Å². The molecule has 1 N–H and O–H groups in total. The number of benzene rings is 1. The number of nitrogens with zero attached hydrogens (tertiary/aromatic N) is 2.